The number of hydrogen-bond acceptors (Lipinski definition) is 4. The summed E-state index contributed by atoms with van der Waals surface area (Å²) in [4.78, 5) is 4.29. The van der Waals surface area contributed by atoms with E-state index in [-0.39, 0.29) is 0 Å². The lowest BCUT2D eigenvalue weighted by molar-refractivity contribution is 0.124. The largest absolute Gasteiger partial charge is 0.380 e. The maximum atomic E-state index is 5.42. The van der Waals surface area contributed by atoms with Crippen molar-refractivity contribution in [2.24, 2.45) is 0 Å². The Kier molecular flexibility index (Phi) is 5.42. The summed E-state index contributed by atoms with van der Waals surface area (Å²) in [5, 5.41) is 7.46. The van der Waals surface area contributed by atoms with Gasteiger partial charge >= 0.3 is 0 Å². The van der Waals surface area contributed by atoms with Crippen LogP contribution in [0.5, 0.6) is 0 Å². The number of aromatic nitrogens is 3. The van der Waals surface area contributed by atoms with Gasteiger partial charge in [-0.15, -0.1) is 0 Å². The Bertz CT molecular complexity index is 298. The third-order valence-electron chi connectivity index (χ3n) is 2.50. The summed E-state index contributed by atoms with van der Waals surface area (Å²) in [5.41, 5.74) is 0. The average Bonchev–Trinajstić information content (AvgIpc) is 2.72. The minimum atomic E-state index is 0.293. The van der Waals surface area contributed by atoms with Crippen LogP contribution in [0.3, 0.4) is 0 Å². The van der Waals surface area contributed by atoms with Crippen LogP contribution in [0.25, 0.3) is 0 Å². The molecule has 0 saturated carbocycles. The van der Waals surface area contributed by atoms with Gasteiger partial charge in [0.05, 0.1) is 6.61 Å². The van der Waals surface area contributed by atoms with Gasteiger partial charge in [-0.05, 0) is 27.8 Å². The number of hydrogen-bond donors (Lipinski definition) is 1. The fourth-order valence-corrected chi connectivity index (χ4v) is 1.58. The van der Waals surface area contributed by atoms with Gasteiger partial charge in [0, 0.05) is 25.1 Å². The molecular weight excluding hydrogens is 204 g/mol. The maximum Gasteiger partial charge on any atom is 0.138 e. The number of rotatable bonds is 7. The quantitative estimate of drug-likeness (QED) is 0.754. The number of ether oxygens (including phenoxy) is 1. The third-order valence-corrected chi connectivity index (χ3v) is 2.50. The highest BCUT2D eigenvalue weighted by Crippen LogP contribution is 2.07. The van der Waals surface area contributed by atoms with E-state index in [0.29, 0.717) is 18.7 Å². The zero-order valence-electron chi connectivity index (χ0n) is 10.6. The lowest BCUT2D eigenvalue weighted by Crippen LogP contribution is -2.33. The highest BCUT2D eigenvalue weighted by atomic mass is 16.5. The van der Waals surface area contributed by atoms with Crippen LogP contribution < -0.4 is 5.32 Å². The maximum absolute atomic E-state index is 5.42. The molecule has 0 bridgehead atoms. The molecule has 16 heavy (non-hydrogen) atoms. The molecule has 0 aromatic carbocycles. The molecule has 1 atom stereocenters. The third kappa shape index (κ3) is 3.57. The van der Waals surface area contributed by atoms with Crippen LogP contribution in [-0.2, 0) is 11.2 Å². The van der Waals surface area contributed by atoms with Gasteiger partial charge in [0.1, 0.15) is 12.2 Å². The van der Waals surface area contributed by atoms with Crippen LogP contribution in [0.2, 0.25) is 0 Å². The van der Waals surface area contributed by atoms with Crippen LogP contribution in [-0.4, -0.2) is 41.1 Å². The second-order valence-corrected chi connectivity index (χ2v) is 4.06. The molecule has 1 aromatic heterocycles. The van der Waals surface area contributed by atoms with Crippen molar-refractivity contribution in [1.29, 1.82) is 0 Å². The fourth-order valence-electron chi connectivity index (χ4n) is 1.58. The van der Waals surface area contributed by atoms with Crippen molar-refractivity contribution in [1.82, 2.24) is 20.1 Å². The molecule has 1 heterocycles. The van der Waals surface area contributed by atoms with E-state index >= 15 is 0 Å². The van der Waals surface area contributed by atoms with Crippen molar-refractivity contribution in [3.05, 3.63) is 12.2 Å². The summed E-state index contributed by atoms with van der Waals surface area (Å²) < 4.78 is 7.37. The Hall–Kier alpha value is -0.940. The summed E-state index contributed by atoms with van der Waals surface area (Å²) >= 11 is 0. The summed E-state index contributed by atoms with van der Waals surface area (Å²) in [6.07, 6.45) is 2.46. The molecule has 1 unspecified atom stereocenters. The van der Waals surface area contributed by atoms with Crippen molar-refractivity contribution in [2.45, 2.75) is 39.3 Å². The molecule has 1 aromatic rings. The molecule has 5 nitrogen and oxygen atoms in total. The molecule has 0 spiro atoms. The normalized spacial score (nSPS) is 13.3. The molecule has 0 saturated heterocycles. The van der Waals surface area contributed by atoms with Gasteiger partial charge in [-0.2, -0.15) is 5.10 Å². The van der Waals surface area contributed by atoms with Crippen molar-refractivity contribution in [3.8, 4) is 0 Å². The predicted octanol–water partition coefficient (Wildman–Crippen LogP) is 1.03. The molecule has 0 radical (unpaired) electrons. The minimum absolute atomic E-state index is 0.293. The lowest BCUT2D eigenvalue weighted by Gasteiger charge is -2.17. The lowest BCUT2D eigenvalue weighted by atomic mass is 10.2. The van der Waals surface area contributed by atoms with Crippen LogP contribution in [0, 0.1) is 0 Å². The summed E-state index contributed by atoms with van der Waals surface area (Å²) in [7, 11) is 1.94. The van der Waals surface area contributed by atoms with E-state index in [9.17, 15) is 0 Å². The second kappa shape index (κ2) is 6.60. The van der Waals surface area contributed by atoms with Crippen molar-refractivity contribution < 1.29 is 4.74 Å². The Morgan fingerprint density at radius 1 is 1.50 bits per heavy atom. The first-order valence-electron chi connectivity index (χ1n) is 5.82. The summed E-state index contributed by atoms with van der Waals surface area (Å²) in [6, 6.07) is 0.642. The smallest absolute Gasteiger partial charge is 0.138 e. The molecule has 0 fully saturated rings. The van der Waals surface area contributed by atoms with E-state index < -0.39 is 0 Å². The van der Waals surface area contributed by atoms with Crippen LogP contribution >= 0.6 is 0 Å². The summed E-state index contributed by atoms with van der Waals surface area (Å²) in [6.45, 7) is 7.67. The molecule has 0 aliphatic carbocycles. The van der Waals surface area contributed by atoms with Gasteiger partial charge in [0.25, 0.3) is 0 Å². The Labute approximate surface area is 97.2 Å². The molecule has 1 rings (SSSR count). The van der Waals surface area contributed by atoms with Crippen LogP contribution in [0.15, 0.2) is 6.33 Å². The molecule has 5 heteroatoms. The predicted molar refractivity (Wildman–Crippen MR) is 63.5 cm³/mol. The van der Waals surface area contributed by atoms with E-state index in [4.69, 9.17) is 4.74 Å². The van der Waals surface area contributed by atoms with Crippen molar-refractivity contribution >= 4 is 0 Å². The van der Waals surface area contributed by atoms with E-state index in [2.05, 4.69) is 29.2 Å². The molecule has 92 valence electrons. The zero-order chi connectivity index (χ0) is 12.0. The van der Waals surface area contributed by atoms with Gasteiger partial charge in [-0.1, -0.05) is 0 Å². The Morgan fingerprint density at radius 2 is 2.25 bits per heavy atom. The minimum Gasteiger partial charge on any atom is -0.380 e. The first-order valence-corrected chi connectivity index (χ1v) is 5.82. The number of nitrogens with one attached hydrogen (secondary N) is 1. The monoisotopic (exact) mass is 226 g/mol. The van der Waals surface area contributed by atoms with Crippen molar-refractivity contribution in [2.75, 3.05) is 20.3 Å². The highest BCUT2D eigenvalue weighted by molar-refractivity contribution is 4.91. The standard InChI is InChI=1S/C11H22N4O/c1-5-16-7-10(12-4)6-11-13-8-14-15(11)9(2)3/h8-10,12H,5-7H2,1-4H3. The van der Waals surface area contributed by atoms with E-state index in [0.717, 1.165) is 18.9 Å². The fraction of sp³-hybridized carbons (Fsp3) is 0.818. The highest BCUT2D eigenvalue weighted by Gasteiger charge is 2.13. The van der Waals surface area contributed by atoms with Gasteiger partial charge in [0.15, 0.2) is 0 Å². The number of likely N-dealkylation sites (N-methyl/N-ethyl adjacent to an activating group) is 1. The second-order valence-electron chi connectivity index (χ2n) is 4.06. The average molecular weight is 226 g/mol. The summed E-state index contributed by atoms with van der Waals surface area (Å²) in [5.74, 6) is 1.01. The number of nitrogens with zero attached hydrogens (tertiary/aromatic N) is 3. The van der Waals surface area contributed by atoms with E-state index in [1.165, 1.54) is 0 Å². The molecule has 0 aliphatic rings. The first-order chi connectivity index (χ1) is 7.69. The van der Waals surface area contributed by atoms with Gasteiger partial charge in [-0.3, -0.25) is 0 Å². The van der Waals surface area contributed by atoms with Crippen LogP contribution in [0.1, 0.15) is 32.6 Å². The molecule has 0 aliphatic heterocycles. The van der Waals surface area contributed by atoms with Gasteiger partial charge in [0.2, 0.25) is 0 Å². The van der Waals surface area contributed by atoms with E-state index in [1.807, 2.05) is 18.7 Å². The molecular formula is C11H22N4O. The molecule has 1 N–H and O–H groups in total. The van der Waals surface area contributed by atoms with Crippen LogP contribution in [0.4, 0.5) is 0 Å². The van der Waals surface area contributed by atoms with Crippen molar-refractivity contribution in [3.63, 3.8) is 0 Å². The Balaban J connectivity index is 2.59. The van der Waals surface area contributed by atoms with Gasteiger partial charge in [-0.25, -0.2) is 9.67 Å². The zero-order valence-corrected chi connectivity index (χ0v) is 10.6. The van der Waals surface area contributed by atoms with E-state index in [1.54, 1.807) is 6.33 Å². The van der Waals surface area contributed by atoms with Gasteiger partial charge < -0.3 is 10.1 Å². The first kappa shape index (κ1) is 13.1. The topological polar surface area (TPSA) is 52.0 Å². The molecule has 0 amide bonds. The SMILES string of the molecule is CCOCC(Cc1ncnn1C(C)C)NC. The Morgan fingerprint density at radius 3 is 2.81 bits per heavy atom.